The number of rotatable bonds is 5. The van der Waals surface area contributed by atoms with Crippen LogP contribution >= 0.6 is 39.3 Å². The van der Waals surface area contributed by atoms with Gasteiger partial charge in [0.05, 0.1) is 23.1 Å². The lowest BCUT2D eigenvalue weighted by atomic mass is 10.2. The first-order valence-corrected chi connectivity index (χ1v) is 10.2. The number of carbonyl (C=O) groups is 2. The molecule has 0 radical (unpaired) electrons. The van der Waals surface area contributed by atoms with Crippen molar-refractivity contribution in [1.29, 1.82) is 0 Å². The molecule has 0 saturated carbocycles. The summed E-state index contributed by atoms with van der Waals surface area (Å²) in [6.07, 6.45) is 1.77. The summed E-state index contributed by atoms with van der Waals surface area (Å²) in [5.41, 5.74) is 3.81. The van der Waals surface area contributed by atoms with Gasteiger partial charge in [-0.25, -0.2) is 0 Å². The number of hydrogen-bond donors (Lipinski definition) is 0. The number of aryl methyl sites for hydroxylation is 1. The molecule has 1 fully saturated rings. The summed E-state index contributed by atoms with van der Waals surface area (Å²) >= 11 is 10.6. The molecule has 2 amide bonds. The molecule has 0 N–H and O–H groups in total. The van der Waals surface area contributed by atoms with E-state index in [4.69, 9.17) is 16.3 Å². The van der Waals surface area contributed by atoms with Gasteiger partial charge in [-0.05, 0) is 77.4 Å². The molecular formula is C19H18BrClN2O3S. The summed E-state index contributed by atoms with van der Waals surface area (Å²) in [6, 6.07) is 7.75. The molecular weight excluding hydrogens is 452 g/mol. The Morgan fingerprint density at radius 3 is 2.67 bits per heavy atom. The van der Waals surface area contributed by atoms with Gasteiger partial charge in [0.2, 0.25) is 0 Å². The Bertz CT molecular complexity index is 955. The van der Waals surface area contributed by atoms with Crippen LogP contribution in [0.4, 0.5) is 4.79 Å². The van der Waals surface area contributed by atoms with Crippen molar-refractivity contribution in [1.82, 2.24) is 9.47 Å². The van der Waals surface area contributed by atoms with Crippen molar-refractivity contribution in [3.05, 3.63) is 55.6 Å². The largest absolute Gasteiger partial charge is 0.383 e. The van der Waals surface area contributed by atoms with Crippen molar-refractivity contribution < 1.29 is 14.3 Å². The third-order valence-corrected chi connectivity index (χ3v) is 6.45. The molecule has 0 aliphatic carbocycles. The van der Waals surface area contributed by atoms with Gasteiger partial charge in [0.25, 0.3) is 11.1 Å². The number of aromatic nitrogens is 1. The number of benzene rings is 1. The lowest BCUT2D eigenvalue weighted by Gasteiger charge is -2.11. The monoisotopic (exact) mass is 468 g/mol. The third-order valence-electron chi connectivity index (χ3n) is 4.31. The lowest BCUT2D eigenvalue weighted by Crippen LogP contribution is -2.31. The Hall–Kier alpha value is -1.54. The van der Waals surface area contributed by atoms with E-state index in [0.717, 1.165) is 38.9 Å². The molecule has 8 heteroatoms. The minimum Gasteiger partial charge on any atom is -0.383 e. The van der Waals surface area contributed by atoms with Gasteiger partial charge in [0.1, 0.15) is 0 Å². The number of nitrogens with zero attached hydrogens (tertiary/aromatic N) is 2. The summed E-state index contributed by atoms with van der Waals surface area (Å²) in [4.78, 5) is 26.2. The average molecular weight is 470 g/mol. The van der Waals surface area contributed by atoms with Gasteiger partial charge >= 0.3 is 0 Å². The lowest BCUT2D eigenvalue weighted by molar-refractivity contribution is -0.123. The molecule has 1 saturated heterocycles. The quantitative estimate of drug-likeness (QED) is 0.565. The number of amides is 2. The van der Waals surface area contributed by atoms with Crippen LogP contribution in [0.3, 0.4) is 0 Å². The molecule has 2 heterocycles. The van der Waals surface area contributed by atoms with Crippen molar-refractivity contribution in [3.63, 3.8) is 0 Å². The smallest absolute Gasteiger partial charge is 0.293 e. The van der Waals surface area contributed by atoms with Gasteiger partial charge in [0.15, 0.2) is 0 Å². The highest BCUT2D eigenvalue weighted by Crippen LogP contribution is 2.34. The van der Waals surface area contributed by atoms with E-state index in [0.29, 0.717) is 16.5 Å². The number of methoxy groups -OCH3 is 1. The molecule has 0 unspecified atom stereocenters. The Balaban J connectivity index is 1.95. The summed E-state index contributed by atoms with van der Waals surface area (Å²) in [5, 5.41) is 0.359. The standard InChI is InChI=1S/C19H18BrClN2O3S/c1-11-8-13(9-17-18(24)22(6-7-26-3)19(25)27-17)12(2)23(11)14-4-5-15(20)16(21)10-14/h4-5,8-10H,6-7H2,1-3H3/b17-9+. The van der Waals surface area contributed by atoms with Crippen molar-refractivity contribution in [2.75, 3.05) is 20.3 Å². The number of carbonyl (C=O) groups excluding carboxylic acids is 2. The Morgan fingerprint density at radius 1 is 1.26 bits per heavy atom. The van der Waals surface area contributed by atoms with Crippen LogP contribution in [0.2, 0.25) is 5.02 Å². The van der Waals surface area contributed by atoms with Crippen molar-refractivity contribution in [3.8, 4) is 5.69 Å². The molecule has 2 aromatic rings. The average Bonchev–Trinajstić information content (AvgIpc) is 3.05. The van der Waals surface area contributed by atoms with Crippen molar-refractivity contribution in [2.24, 2.45) is 0 Å². The predicted octanol–water partition coefficient (Wildman–Crippen LogP) is 5.19. The number of thioether (sulfide) groups is 1. The molecule has 0 atom stereocenters. The molecule has 5 nitrogen and oxygen atoms in total. The van der Waals surface area contributed by atoms with E-state index in [9.17, 15) is 9.59 Å². The van der Waals surface area contributed by atoms with E-state index in [1.54, 1.807) is 6.08 Å². The molecule has 1 aliphatic heterocycles. The molecule has 142 valence electrons. The van der Waals surface area contributed by atoms with Gasteiger partial charge in [-0.15, -0.1) is 0 Å². The second-order valence-corrected chi connectivity index (χ2v) is 8.34. The van der Waals surface area contributed by atoms with E-state index in [2.05, 4.69) is 20.5 Å². The highest BCUT2D eigenvalue weighted by atomic mass is 79.9. The van der Waals surface area contributed by atoms with Crippen LogP contribution in [0.1, 0.15) is 17.0 Å². The van der Waals surface area contributed by atoms with Crippen molar-refractivity contribution >= 4 is 56.5 Å². The molecule has 27 heavy (non-hydrogen) atoms. The Kier molecular flexibility index (Phi) is 6.15. The molecule has 3 rings (SSSR count). The minimum absolute atomic E-state index is 0.259. The number of ether oxygens (including phenoxy) is 1. The van der Waals surface area contributed by atoms with Gasteiger partial charge in [0, 0.05) is 28.7 Å². The minimum atomic E-state index is -0.279. The van der Waals surface area contributed by atoms with Crippen molar-refractivity contribution in [2.45, 2.75) is 13.8 Å². The highest BCUT2D eigenvalue weighted by Gasteiger charge is 2.34. The summed E-state index contributed by atoms with van der Waals surface area (Å²) in [7, 11) is 1.54. The van der Waals surface area contributed by atoms with E-state index < -0.39 is 0 Å². The second kappa shape index (κ2) is 8.22. The highest BCUT2D eigenvalue weighted by molar-refractivity contribution is 9.10. The maximum atomic E-state index is 12.5. The van der Waals surface area contributed by atoms with Crippen LogP contribution in [-0.2, 0) is 9.53 Å². The summed E-state index contributed by atoms with van der Waals surface area (Å²) in [6.45, 7) is 4.55. The Labute approximate surface area is 175 Å². The predicted molar refractivity (Wildman–Crippen MR) is 113 cm³/mol. The summed E-state index contributed by atoms with van der Waals surface area (Å²) < 4.78 is 7.87. The van der Waals surface area contributed by atoms with Gasteiger partial charge < -0.3 is 9.30 Å². The molecule has 0 spiro atoms. The zero-order valence-electron chi connectivity index (χ0n) is 15.1. The fourth-order valence-electron chi connectivity index (χ4n) is 2.97. The van der Waals surface area contributed by atoms with E-state index >= 15 is 0 Å². The molecule has 1 aromatic heterocycles. The molecule has 0 bridgehead atoms. The first kappa shape index (κ1) is 20.2. The van der Waals surface area contributed by atoms with E-state index in [1.165, 1.54) is 12.0 Å². The maximum absolute atomic E-state index is 12.5. The van der Waals surface area contributed by atoms with Crippen LogP contribution in [0, 0.1) is 13.8 Å². The zero-order valence-corrected chi connectivity index (χ0v) is 18.2. The zero-order chi connectivity index (χ0) is 19.7. The second-order valence-electron chi connectivity index (χ2n) is 6.09. The number of halogens is 2. The fraction of sp³-hybridized carbons (Fsp3) is 0.263. The van der Waals surface area contributed by atoms with Gasteiger partial charge in [-0.1, -0.05) is 11.6 Å². The van der Waals surface area contributed by atoms with Crippen LogP contribution in [0.15, 0.2) is 33.6 Å². The molecule has 1 aromatic carbocycles. The molecule has 1 aliphatic rings. The summed E-state index contributed by atoms with van der Waals surface area (Å²) in [5.74, 6) is -0.279. The first-order valence-electron chi connectivity index (χ1n) is 8.22. The maximum Gasteiger partial charge on any atom is 0.293 e. The first-order chi connectivity index (χ1) is 12.8. The normalized spacial score (nSPS) is 16.0. The fourth-order valence-corrected chi connectivity index (χ4v) is 4.25. The number of hydrogen-bond acceptors (Lipinski definition) is 4. The Morgan fingerprint density at radius 2 is 2.00 bits per heavy atom. The van der Waals surface area contributed by atoms with Gasteiger partial charge in [-0.2, -0.15) is 0 Å². The SMILES string of the molecule is COCCN1C(=O)S/C(=C/c2cc(C)n(-c3ccc(Br)c(Cl)c3)c2C)C1=O. The number of imide groups is 1. The van der Waals surface area contributed by atoms with Crippen LogP contribution < -0.4 is 0 Å². The topological polar surface area (TPSA) is 51.5 Å². The van der Waals surface area contributed by atoms with Gasteiger partial charge in [-0.3, -0.25) is 14.5 Å². The van der Waals surface area contributed by atoms with Crippen LogP contribution in [0.5, 0.6) is 0 Å². The van der Waals surface area contributed by atoms with Crippen LogP contribution in [0.25, 0.3) is 11.8 Å². The van der Waals surface area contributed by atoms with E-state index in [1.807, 2.05) is 38.1 Å². The third kappa shape index (κ3) is 4.01. The van der Waals surface area contributed by atoms with E-state index in [-0.39, 0.29) is 17.7 Å². The van der Waals surface area contributed by atoms with Crippen LogP contribution in [-0.4, -0.2) is 40.9 Å².